The Morgan fingerprint density at radius 1 is 1.55 bits per heavy atom. The number of carbonyl (C=O) groups excluding carboxylic acids is 1. The van der Waals surface area contributed by atoms with Gasteiger partial charge in [0.2, 0.25) is 0 Å². The molecule has 58 valence electrons. The Balaban J connectivity index is 2.86. The summed E-state index contributed by atoms with van der Waals surface area (Å²) in [5.41, 5.74) is 0.373. The highest BCUT2D eigenvalue weighted by Gasteiger charge is 2.07. The van der Waals surface area contributed by atoms with Gasteiger partial charge in [-0.2, -0.15) is 0 Å². The Morgan fingerprint density at radius 2 is 2.27 bits per heavy atom. The Kier molecular flexibility index (Phi) is 2.15. The molecule has 0 saturated heterocycles. The molecule has 0 bridgehead atoms. The molecule has 0 fully saturated rings. The molecule has 0 aliphatic carbocycles. The predicted octanol–water partition coefficient (Wildman–Crippen LogP) is -0.729. The van der Waals surface area contributed by atoms with Crippen LogP contribution in [0.15, 0.2) is 24.5 Å². The van der Waals surface area contributed by atoms with Crippen LogP contribution in [0.25, 0.3) is 0 Å². The molecule has 0 aliphatic rings. The van der Waals surface area contributed by atoms with E-state index in [1.807, 2.05) is 0 Å². The fraction of sp³-hybridized carbons (Fsp3) is 0. The van der Waals surface area contributed by atoms with Gasteiger partial charge < -0.3 is 0 Å². The second-order valence-corrected chi connectivity index (χ2v) is 1.95. The number of aromatic nitrogens is 1. The molecule has 5 nitrogen and oxygen atoms in total. The summed E-state index contributed by atoms with van der Waals surface area (Å²) in [5.74, 6) is 9.54. The van der Waals surface area contributed by atoms with Crippen LogP contribution in [0.4, 0.5) is 0 Å². The molecule has 1 amide bonds. The quantitative estimate of drug-likeness (QED) is 0.315. The number of hydrogen-bond acceptors (Lipinski definition) is 4. The molecule has 0 saturated carbocycles. The highest BCUT2D eigenvalue weighted by atomic mass is 16.2. The number of hydrazine groups is 2. The van der Waals surface area contributed by atoms with Crippen molar-refractivity contribution in [3.05, 3.63) is 30.1 Å². The number of nitrogens with zero attached hydrogens (tertiary/aromatic N) is 2. The number of nitrogens with two attached hydrogens (primary N) is 2. The molecular weight excluding hydrogens is 144 g/mol. The third kappa shape index (κ3) is 1.73. The molecule has 0 aliphatic heterocycles. The van der Waals surface area contributed by atoms with Gasteiger partial charge in [0.15, 0.2) is 0 Å². The minimum atomic E-state index is -0.460. The van der Waals surface area contributed by atoms with Crippen molar-refractivity contribution in [1.82, 2.24) is 10.1 Å². The van der Waals surface area contributed by atoms with Crippen LogP contribution in [0, 0.1) is 0 Å². The molecule has 11 heavy (non-hydrogen) atoms. The smallest absolute Gasteiger partial charge is 0.266 e. The fourth-order valence-corrected chi connectivity index (χ4v) is 0.638. The Labute approximate surface area is 63.6 Å². The maximum Gasteiger partial charge on any atom is 0.283 e. The van der Waals surface area contributed by atoms with Crippen LogP contribution in [0.2, 0.25) is 0 Å². The Morgan fingerprint density at radius 3 is 2.73 bits per heavy atom. The van der Waals surface area contributed by atoms with Crippen molar-refractivity contribution >= 4 is 5.91 Å². The van der Waals surface area contributed by atoms with Crippen LogP contribution >= 0.6 is 0 Å². The average Bonchev–Trinajstić information content (AvgIpc) is 2.05. The molecule has 1 heterocycles. The lowest BCUT2D eigenvalue weighted by Gasteiger charge is -2.07. The summed E-state index contributed by atoms with van der Waals surface area (Å²) in [6.45, 7) is 0. The van der Waals surface area contributed by atoms with E-state index < -0.39 is 5.91 Å². The van der Waals surface area contributed by atoms with E-state index >= 15 is 0 Å². The first-order valence-electron chi connectivity index (χ1n) is 2.95. The van der Waals surface area contributed by atoms with Crippen LogP contribution in [0.1, 0.15) is 10.4 Å². The highest BCUT2D eigenvalue weighted by Crippen LogP contribution is 1.95. The number of rotatable bonds is 1. The van der Waals surface area contributed by atoms with Crippen LogP contribution in [-0.2, 0) is 0 Å². The van der Waals surface area contributed by atoms with Crippen molar-refractivity contribution in [2.24, 2.45) is 11.7 Å². The summed E-state index contributed by atoms with van der Waals surface area (Å²) in [4.78, 5) is 14.7. The average molecular weight is 152 g/mol. The van der Waals surface area contributed by atoms with E-state index in [1.165, 1.54) is 6.20 Å². The first kappa shape index (κ1) is 7.64. The lowest BCUT2D eigenvalue weighted by atomic mass is 10.3. The van der Waals surface area contributed by atoms with Gasteiger partial charge >= 0.3 is 0 Å². The van der Waals surface area contributed by atoms with Gasteiger partial charge in [0, 0.05) is 12.4 Å². The Hall–Kier alpha value is -1.46. The summed E-state index contributed by atoms with van der Waals surface area (Å²) in [6, 6.07) is 3.22. The minimum absolute atomic E-state index is 0.373. The molecule has 0 aromatic carbocycles. The standard InChI is InChI=1S/C6H8N4O/c7-10(8)6(11)5-2-1-3-9-4-5/h1-4H,7-8H2. The van der Waals surface area contributed by atoms with Gasteiger partial charge in [0.1, 0.15) is 0 Å². The van der Waals surface area contributed by atoms with E-state index in [4.69, 9.17) is 11.7 Å². The maximum absolute atomic E-state index is 11.0. The Bertz CT molecular complexity index is 246. The van der Waals surface area contributed by atoms with Crippen molar-refractivity contribution in [2.75, 3.05) is 0 Å². The van der Waals surface area contributed by atoms with Gasteiger partial charge in [-0.1, -0.05) is 0 Å². The zero-order valence-electron chi connectivity index (χ0n) is 5.77. The zero-order chi connectivity index (χ0) is 8.27. The third-order valence-corrected chi connectivity index (χ3v) is 1.14. The van der Waals surface area contributed by atoms with Gasteiger partial charge in [-0.3, -0.25) is 9.78 Å². The molecular formula is C6H8N4O. The zero-order valence-corrected chi connectivity index (χ0v) is 5.77. The number of carbonyl (C=O) groups is 1. The second-order valence-electron chi connectivity index (χ2n) is 1.95. The van der Waals surface area contributed by atoms with Gasteiger partial charge in [0.05, 0.1) is 5.56 Å². The first-order valence-corrected chi connectivity index (χ1v) is 2.95. The van der Waals surface area contributed by atoms with Crippen LogP contribution < -0.4 is 11.7 Å². The number of pyridine rings is 1. The molecule has 1 aromatic heterocycles. The van der Waals surface area contributed by atoms with E-state index in [2.05, 4.69) is 4.98 Å². The third-order valence-electron chi connectivity index (χ3n) is 1.14. The molecule has 0 radical (unpaired) electrons. The van der Waals surface area contributed by atoms with Crippen molar-refractivity contribution < 1.29 is 4.79 Å². The summed E-state index contributed by atoms with van der Waals surface area (Å²) in [6.07, 6.45) is 2.96. The first-order chi connectivity index (χ1) is 5.22. The SMILES string of the molecule is NN(N)C(=O)c1cccnc1. The fourth-order valence-electron chi connectivity index (χ4n) is 0.638. The summed E-state index contributed by atoms with van der Waals surface area (Å²) in [5, 5.41) is 0.525. The highest BCUT2D eigenvalue weighted by molar-refractivity contribution is 5.92. The molecule has 4 N–H and O–H groups in total. The van der Waals surface area contributed by atoms with E-state index in [0.717, 1.165) is 0 Å². The lowest BCUT2D eigenvalue weighted by molar-refractivity contribution is 0.0755. The largest absolute Gasteiger partial charge is 0.283 e. The molecule has 0 unspecified atom stereocenters. The molecule has 1 aromatic rings. The summed E-state index contributed by atoms with van der Waals surface area (Å²) in [7, 11) is 0. The molecule has 0 atom stereocenters. The van der Waals surface area contributed by atoms with Crippen molar-refractivity contribution in [3.63, 3.8) is 0 Å². The maximum atomic E-state index is 11.0. The molecule has 5 heteroatoms. The van der Waals surface area contributed by atoms with Gasteiger partial charge in [-0.15, -0.1) is 0 Å². The predicted molar refractivity (Wildman–Crippen MR) is 38.8 cm³/mol. The molecule has 1 rings (SSSR count). The van der Waals surface area contributed by atoms with Gasteiger partial charge in [-0.25, -0.2) is 16.8 Å². The minimum Gasteiger partial charge on any atom is -0.266 e. The van der Waals surface area contributed by atoms with E-state index in [9.17, 15) is 4.79 Å². The van der Waals surface area contributed by atoms with E-state index in [0.29, 0.717) is 10.7 Å². The number of amides is 1. The van der Waals surface area contributed by atoms with E-state index in [-0.39, 0.29) is 0 Å². The normalized spacial score (nSPS) is 9.27. The monoisotopic (exact) mass is 152 g/mol. The second kappa shape index (κ2) is 3.09. The van der Waals surface area contributed by atoms with Crippen molar-refractivity contribution in [2.45, 2.75) is 0 Å². The van der Waals surface area contributed by atoms with Gasteiger partial charge in [-0.05, 0) is 12.1 Å². The summed E-state index contributed by atoms with van der Waals surface area (Å²) < 4.78 is 0. The van der Waals surface area contributed by atoms with Crippen LogP contribution in [0.5, 0.6) is 0 Å². The van der Waals surface area contributed by atoms with Crippen molar-refractivity contribution in [1.29, 1.82) is 0 Å². The van der Waals surface area contributed by atoms with Gasteiger partial charge in [0.25, 0.3) is 5.91 Å². The number of hydrogen-bond donors (Lipinski definition) is 2. The molecule has 0 spiro atoms. The summed E-state index contributed by atoms with van der Waals surface area (Å²) >= 11 is 0. The van der Waals surface area contributed by atoms with Crippen LogP contribution in [0.3, 0.4) is 0 Å². The van der Waals surface area contributed by atoms with Crippen molar-refractivity contribution in [3.8, 4) is 0 Å². The lowest BCUT2D eigenvalue weighted by Crippen LogP contribution is -2.43. The van der Waals surface area contributed by atoms with E-state index in [1.54, 1.807) is 18.3 Å². The van der Waals surface area contributed by atoms with Crippen LogP contribution in [-0.4, -0.2) is 16.0 Å². The topological polar surface area (TPSA) is 85.2 Å².